The first kappa shape index (κ1) is 14.5. The second-order valence-corrected chi connectivity index (χ2v) is 4.35. The highest BCUT2D eigenvalue weighted by molar-refractivity contribution is 6.06. The van der Waals surface area contributed by atoms with Crippen LogP contribution in [-0.4, -0.2) is 26.4 Å². The van der Waals surface area contributed by atoms with Crippen molar-refractivity contribution in [3.05, 3.63) is 65.8 Å². The van der Waals surface area contributed by atoms with Gasteiger partial charge in [0, 0.05) is 42.5 Å². The number of nitrogens with zero attached hydrogens (tertiary/aromatic N) is 2. The first-order chi connectivity index (χ1) is 10.1. The summed E-state index contributed by atoms with van der Waals surface area (Å²) in [4.78, 5) is 26.3. The van der Waals surface area contributed by atoms with Gasteiger partial charge in [-0.2, -0.15) is 0 Å². The molecule has 0 atom stereocenters. The molecule has 2 aromatic rings. The van der Waals surface area contributed by atoms with Crippen LogP contribution in [0.4, 0.5) is 0 Å². The molecule has 0 aromatic carbocycles. The zero-order valence-corrected chi connectivity index (χ0v) is 11.4. The van der Waals surface area contributed by atoms with Crippen molar-refractivity contribution in [1.82, 2.24) is 9.55 Å². The highest BCUT2D eigenvalue weighted by Gasteiger charge is 2.03. The van der Waals surface area contributed by atoms with E-state index in [1.807, 2.05) is 6.07 Å². The molecule has 0 radical (unpaired) electrons. The Morgan fingerprint density at radius 2 is 1.81 bits per heavy atom. The minimum absolute atomic E-state index is 0.132. The lowest BCUT2D eigenvalue weighted by molar-refractivity contribution is -0.131. The van der Waals surface area contributed by atoms with Gasteiger partial charge < -0.3 is 9.67 Å². The van der Waals surface area contributed by atoms with Gasteiger partial charge in [-0.3, -0.25) is 9.78 Å². The van der Waals surface area contributed by atoms with Crippen LogP contribution in [0.1, 0.15) is 21.7 Å². The van der Waals surface area contributed by atoms with Crippen molar-refractivity contribution >= 4 is 23.9 Å². The maximum Gasteiger partial charge on any atom is 0.328 e. The number of carbonyl (C=O) groups excluding carboxylic acids is 1. The van der Waals surface area contributed by atoms with E-state index in [1.165, 1.54) is 18.3 Å². The van der Waals surface area contributed by atoms with Gasteiger partial charge in [0.25, 0.3) is 0 Å². The number of allylic oxidation sites excluding steroid dienone is 1. The minimum atomic E-state index is -1.000. The monoisotopic (exact) mass is 282 g/mol. The number of hydrogen-bond acceptors (Lipinski definition) is 3. The van der Waals surface area contributed by atoms with Gasteiger partial charge in [0.2, 0.25) is 0 Å². The van der Waals surface area contributed by atoms with E-state index in [2.05, 4.69) is 4.98 Å². The number of ketones is 1. The first-order valence-electron chi connectivity index (χ1n) is 6.27. The second kappa shape index (κ2) is 6.47. The molecular formula is C16H14N2O3. The maximum atomic E-state index is 11.9. The average Bonchev–Trinajstić information content (AvgIpc) is 2.84. The van der Waals surface area contributed by atoms with Gasteiger partial charge in [-0.05, 0) is 42.5 Å². The zero-order valence-electron chi connectivity index (χ0n) is 11.4. The molecule has 21 heavy (non-hydrogen) atoms. The number of hydrogen-bond donors (Lipinski definition) is 1. The standard InChI is InChI=1S/C16H14N2O3/c1-18-13(4-5-14(18)7-9-16(20)21)6-8-15(19)12-3-2-10-17-11-12/h2-11H,1H3,(H,20,21)/b8-6+,9-7+. The predicted octanol–water partition coefficient (Wildman–Crippen LogP) is 2.41. The largest absolute Gasteiger partial charge is 0.478 e. The summed E-state index contributed by atoms with van der Waals surface area (Å²) in [5.74, 6) is -1.13. The van der Waals surface area contributed by atoms with Gasteiger partial charge in [-0.15, -0.1) is 0 Å². The van der Waals surface area contributed by atoms with Crippen molar-refractivity contribution in [2.75, 3.05) is 0 Å². The summed E-state index contributed by atoms with van der Waals surface area (Å²) in [7, 11) is 1.80. The Balaban J connectivity index is 2.15. The molecule has 0 bridgehead atoms. The van der Waals surface area contributed by atoms with E-state index in [9.17, 15) is 9.59 Å². The number of rotatable bonds is 5. The molecule has 0 aliphatic heterocycles. The zero-order chi connectivity index (χ0) is 15.2. The van der Waals surface area contributed by atoms with Gasteiger partial charge in [-0.1, -0.05) is 0 Å². The minimum Gasteiger partial charge on any atom is -0.478 e. The summed E-state index contributed by atoms with van der Waals surface area (Å²) in [5.41, 5.74) is 2.07. The number of pyridine rings is 1. The van der Waals surface area contributed by atoms with E-state index < -0.39 is 5.97 Å². The molecule has 0 aliphatic rings. The van der Waals surface area contributed by atoms with Gasteiger partial charge in [0.1, 0.15) is 0 Å². The molecule has 5 heteroatoms. The second-order valence-electron chi connectivity index (χ2n) is 4.35. The summed E-state index contributed by atoms with van der Waals surface area (Å²) in [5, 5.41) is 8.61. The molecule has 0 saturated carbocycles. The number of carboxylic acids is 1. The lowest BCUT2D eigenvalue weighted by Gasteiger charge is -2.00. The number of carbonyl (C=O) groups is 2. The Morgan fingerprint density at radius 3 is 2.38 bits per heavy atom. The Morgan fingerprint density at radius 1 is 1.14 bits per heavy atom. The molecule has 1 N–H and O–H groups in total. The Hall–Kier alpha value is -2.95. The van der Waals surface area contributed by atoms with E-state index in [1.54, 1.807) is 42.1 Å². The van der Waals surface area contributed by atoms with Crippen LogP contribution in [0, 0.1) is 0 Å². The quantitative estimate of drug-likeness (QED) is 0.675. The highest BCUT2D eigenvalue weighted by atomic mass is 16.4. The van der Waals surface area contributed by atoms with E-state index in [0.29, 0.717) is 5.56 Å². The summed E-state index contributed by atoms with van der Waals surface area (Å²) in [6.07, 6.45) is 8.86. The Labute approximate surface area is 121 Å². The average molecular weight is 282 g/mol. The summed E-state index contributed by atoms with van der Waals surface area (Å²) < 4.78 is 1.80. The van der Waals surface area contributed by atoms with E-state index in [4.69, 9.17) is 5.11 Å². The van der Waals surface area contributed by atoms with E-state index in [0.717, 1.165) is 17.5 Å². The fraction of sp³-hybridized carbons (Fsp3) is 0.0625. The molecule has 2 rings (SSSR count). The molecule has 0 aliphatic carbocycles. The topological polar surface area (TPSA) is 72.2 Å². The first-order valence-corrected chi connectivity index (χ1v) is 6.27. The van der Waals surface area contributed by atoms with Crippen LogP contribution < -0.4 is 0 Å². The van der Waals surface area contributed by atoms with E-state index >= 15 is 0 Å². The molecule has 106 valence electrons. The van der Waals surface area contributed by atoms with Gasteiger partial charge >= 0.3 is 5.97 Å². The Kier molecular flexibility index (Phi) is 4.46. The lowest BCUT2D eigenvalue weighted by Crippen LogP contribution is -1.97. The molecule has 0 spiro atoms. The molecule has 0 saturated heterocycles. The number of aromatic nitrogens is 2. The third-order valence-corrected chi connectivity index (χ3v) is 2.95. The summed E-state index contributed by atoms with van der Waals surface area (Å²) >= 11 is 0. The van der Waals surface area contributed by atoms with Gasteiger partial charge in [0.15, 0.2) is 5.78 Å². The van der Waals surface area contributed by atoms with Gasteiger partial charge in [-0.25, -0.2) is 4.79 Å². The molecule has 0 amide bonds. The third kappa shape index (κ3) is 3.76. The van der Waals surface area contributed by atoms with Crippen LogP contribution in [0.25, 0.3) is 12.2 Å². The Bertz CT molecular complexity index is 712. The maximum absolute atomic E-state index is 11.9. The van der Waals surface area contributed by atoms with Crippen LogP contribution in [0.2, 0.25) is 0 Å². The molecule has 5 nitrogen and oxygen atoms in total. The molecule has 0 fully saturated rings. The fourth-order valence-electron chi connectivity index (χ4n) is 1.80. The smallest absolute Gasteiger partial charge is 0.328 e. The normalized spacial score (nSPS) is 11.3. The van der Waals surface area contributed by atoms with Crippen molar-refractivity contribution in [3.63, 3.8) is 0 Å². The van der Waals surface area contributed by atoms with Gasteiger partial charge in [0.05, 0.1) is 0 Å². The molecule has 0 unspecified atom stereocenters. The predicted molar refractivity (Wildman–Crippen MR) is 79.7 cm³/mol. The lowest BCUT2D eigenvalue weighted by atomic mass is 10.2. The molecular weight excluding hydrogens is 268 g/mol. The van der Waals surface area contributed by atoms with Crippen molar-refractivity contribution in [3.8, 4) is 0 Å². The molecule has 2 aromatic heterocycles. The SMILES string of the molecule is Cn1c(/C=C/C(=O)O)ccc1/C=C/C(=O)c1cccnc1. The van der Waals surface area contributed by atoms with Crippen LogP contribution in [0.15, 0.2) is 48.8 Å². The van der Waals surface area contributed by atoms with Crippen molar-refractivity contribution in [2.45, 2.75) is 0 Å². The van der Waals surface area contributed by atoms with Crippen molar-refractivity contribution in [2.24, 2.45) is 7.05 Å². The van der Waals surface area contributed by atoms with Crippen LogP contribution in [0.5, 0.6) is 0 Å². The third-order valence-electron chi connectivity index (χ3n) is 2.95. The highest BCUT2D eigenvalue weighted by Crippen LogP contribution is 2.11. The summed E-state index contributed by atoms with van der Waals surface area (Å²) in [6, 6.07) is 7.01. The van der Waals surface area contributed by atoms with Crippen molar-refractivity contribution in [1.29, 1.82) is 0 Å². The van der Waals surface area contributed by atoms with Crippen molar-refractivity contribution < 1.29 is 14.7 Å². The number of carboxylic acid groups (broad SMARTS) is 1. The molecule has 2 heterocycles. The van der Waals surface area contributed by atoms with Crippen LogP contribution >= 0.6 is 0 Å². The van der Waals surface area contributed by atoms with Crippen LogP contribution in [0.3, 0.4) is 0 Å². The number of aliphatic carboxylic acids is 1. The summed E-state index contributed by atoms with van der Waals surface area (Å²) in [6.45, 7) is 0. The van der Waals surface area contributed by atoms with E-state index in [-0.39, 0.29) is 5.78 Å². The van der Waals surface area contributed by atoms with Crippen LogP contribution in [-0.2, 0) is 11.8 Å². The fourth-order valence-corrected chi connectivity index (χ4v) is 1.80.